The first-order chi connectivity index (χ1) is 13.5. The molecule has 28 heavy (non-hydrogen) atoms. The molecule has 0 aliphatic carbocycles. The van der Waals surface area contributed by atoms with Crippen LogP contribution in [0.2, 0.25) is 0 Å². The Balaban J connectivity index is 1.91. The number of azo groups is 1. The zero-order valence-corrected chi connectivity index (χ0v) is 16.0. The number of nitrogens with zero attached hydrogens (tertiary/aromatic N) is 4. The van der Waals surface area contributed by atoms with Crippen molar-refractivity contribution in [2.24, 2.45) is 10.2 Å². The van der Waals surface area contributed by atoms with Crippen LogP contribution >= 0.6 is 0 Å². The summed E-state index contributed by atoms with van der Waals surface area (Å²) in [5.74, 6) is -0.475. The van der Waals surface area contributed by atoms with Gasteiger partial charge < -0.3 is 19.7 Å². The number of phenolic OH excluding ortho intramolecular Hbond substituents is 1. The number of likely N-dealkylation sites (N-methyl/N-ethyl adjacent to an activating group) is 1. The van der Waals surface area contributed by atoms with Crippen molar-refractivity contribution in [2.45, 2.75) is 20.4 Å². The lowest BCUT2D eigenvalue weighted by Gasteiger charge is -2.18. The molecule has 1 aromatic heterocycles. The topological polar surface area (TPSA) is 90.4 Å². The summed E-state index contributed by atoms with van der Waals surface area (Å²) in [7, 11) is 0. The molecule has 2 aromatic carbocycles. The van der Waals surface area contributed by atoms with Gasteiger partial charge in [0.15, 0.2) is 5.69 Å². The first kappa shape index (κ1) is 19.6. The molecule has 0 unspecified atom stereocenters. The Bertz CT molecular complexity index is 989. The summed E-state index contributed by atoms with van der Waals surface area (Å²) in [6.07, 6.45) is 0. The summed E-state index contributed by atoms with van der Waals surface area (Å²) < 4.78 is 1.80. The molecule has 0 fully saturated rings. The first-order valence-corrected chi connectivity index (χ1v) is 9.32. The summed E-state index contributed by atoms with van der Waals surface area (Å²) in [4.78, 5) is 14.5. The Hall–Kier alpha value is -3.19. The zero-order valence-electron chi connectivity index (χ0n) is 16.0. The highest BCUT2D eigenvalue weighted by Gasteiger charge is 2.17. The van der Waals surface area contributed by atoms with Crippen LogP contribution in [0.25, 0.3) is 10.9 Å². The van der Waals surface area contributed by atoms with Crippen molar-refractivity contribution in [3.63, 3.8) is 0 Å². The molecule has 0 aliphatic heterocycles. The number of hydrogen-bond donors (Lipinski definition) is 2. The van der Waals surface area contributed by atoms with Gasteiger partial charge in [0.25, 0.3) is 5.91 Å². The van der Waals surface area contributed by atoms with Crippen LogP contribution in [-0.2, 0) is 6.54 Å². The van der Waals surface area contributed by atoms with E-state index in [0.717, 1.165) is 30.5 Å². The number of rotatable bonds is 7. The van der Waals surface area contributed by atoms with E-state index >= 15 is 0 Å². The van der Waals surface area contributed by atoms with E-state index in [4.69, 9.17) is 0 Å². The van der Waals surface area contributed by atoms with Gasteiger partial charge in [-0.05, 0) is 43.4 Å². The molecule has 1 amide bonds. The molecule has 0 saturated carbocycles. The Morgan fingerprint density at radius 2 is 1.71 bits per heavy atom. The van der Waals surface area contributed by atoms with Crippen molar-refractivity contribution < 1.29 is 15.0 Å². The van der Waals surface area contributed by atoms with Gasteiger partial charge in [0.1, 0.15) is 5.75 Å². The van der Waals surface area contributed by atoms with Crippen LogP contribution in [0.4, 0.5) is 5.69 Å². The van der Waals surface area contributed by atoms with Crippen molar-refractivity contribution in [1.29, 1.82) is 0 Å². The number of aromatic hydroxyl groups is 2. The van der Waals surface area contributed by atoms with Crippen molar-refractivity contribution in [3.05, 3.63) is 54.1 Å². The Morgan fingerprint density at radius 3 is 2.39 bits per heavy atom. The molecule has 0 saturated heterocycles. The number of carbonyl (C=O) groups excluding carboxylic acids is 1. The maximum absolute atomic E-state index is 12.2. The third-order valence-corrected chi connectivity index (χ3v) is 4.81. The third-order valence-electron chi connectivity index (χ3n) is 4.81. The highest BCUT2D eigenvalue weighted by atomic mass is 16.3. The second-order valence-corrected chi connectivity index (χ2v) is 6.42. The fourth-order valence-corrected chi connectivity index (χ4v) is 3.13. The maximum atomic E-state index is 12.2. The average molecular weight is 380 g/mol. The van der Waals surface area contributed by atoms with Crippen LogP contribution < -0.4 is 0 Å². The average Bonchev–Trinajstić information content (AvgIpc) is 2.98. The number of aromatic nitrogens is 1. The van der Waals surface area contributed by atoms with Gasteiger partial charge in [-0.25, -0.2) is 0 Å². The quantitative estimate of drug-likeness (QED) is 0.597. The van der Waals surface area contributed by atoms with Crippen LogP contribution in [0, 0.1) is 0 Å². The predicted octanol–water partition coefficient (Wildman–Crippen LogP) is 4.32. The van der Waals surface area contributed by atoms with E-state index in [-0.39, 0.29) is 17.3 Å². The van der Waals surface area contributed by atoms with Crippen LogP contribution in [0.5, 0.6) is 11.6 Å². The molecular formula is C21H24N4O3. The molecule has 0 radical (unpaired) electrons. The number of hydrogen-bond acceptors (Lipinski definition) is 5. The molecule has 3 rings (SSSR count). The van der Waals surface area contributed by atoms with Crippen molar-refractivity contribution in [1.82, 2.24) is 9.47 Å². The van der Waals surface area contributed by atoms with Gasteiger partial charge in [-0.2, -0.15) is 0 Å². The highest BCUT2D eigenvalue weighted by Crippen LogP contribution is 2.38. The smallest absolute Gasteiger partial charge is 0.295 e. The Morgan fingerprint density at radius 1 is 1.04 bits per heavy atom. The molecule has 0 atom stereocenters. The molecule has 7 nitrogen and oxygen atoms in total. The van der Waals surface area contributed by atoms with E-state index in [0.29, 0.717) is 12.1 Å². The Kier molecular flexibility index (Phi) is 6.06. The predicted molar refractivity (Wildman–Crippen MR) is 108 cm³/mol. The van der Waals surface area contributed by atoms with E-state index in [9.17, 15) is 15.0 Å². The largest absolute Gasteiger partial charge is 0.508 e. The number of benzene rings is 2. The second kappa shape index (κ2) is 8.67. The third kappa shape index (κ3) is 4.04. The minimum absolute atomic E-state index is 0.00406. The van der Waals surface area contributed by atoms with Gasteiger partial charge in [-0.3, -0.25) is 4.79 Å². The zero-order chi connectivity index (χ0) is 20.1. The number of amides is 1. The summed E-state index contributed by atoms with van der Waals surface area (Å²) in [6.45, 7) is 7.48. The highest BCUT2D eigenvalue weighted by molar-refractivity contribution is 5.97. The maximum Gasteiger partial charge on any atom is 0.295 e. The lowest BCUT2D eigenvalue weighted by atomic mass is 10.2. The monoisotopic (exact) mass is 380 g/mol. The Labute approximate surface area is 163 Å². The molecule has 1 heterocycles. The molecule has 3 aromatic rings. The van der Waals surface area contributed by atoms with Crippen molar-refractivity contribution >= 4 is 22.5 Å². The van der Waals surface area contributed by atoms with Gasteiger partial charge in [0.05, 0.1) is 5.52 Å². The second-order valence-electron chi connectivity index (χ2n) is 6.42. The van der Waals surface area contributed by atoms with E-state index in [1.807, 2.05) is 24.3 Å². The first-order valence-electron chi connectivity index (χ1n) is 9.32. The van der Waals surface area contributed by atoms with Gasteiger partial charge in [-0.15, -0.1) is 10.2 Å². The fraction of sp³-hybridized carbons (Fsp3) is 0.286. The van der Waals surface area contributed by atoms with Crippen molar-refractivity contribution in [3.8, 4) is 11.6 Å². The number of phenols is 1. The summed E-state index contributed by atoms with van der Waals surface area (Å²) >= 11 is 0. The molecule has 0 bridgehead atoms. The molecule has 7 heteroatoms. The summed E-state index contributed by atoms with van der Waals surface area (Å²) in [6, 6.07) is 13.3. The minimum atomic E-state index is -0.542. The van der Waals surface area contributed by atoms with Crippen molar-refractivity contribution in [2.75, 3.05) is 19.6 Å². The lowest BCUT2D eigenvalue weighted by Crippen LogP contribution is -2.26. The molecule has 0 spiro atoms. The lowest BCUT2D eigenvalue weighted by molar-refractivity contribution is 0.0995. The van der Waals surface area contributed by atoms with Gasteiger partial charge in [-0.1, -0.05) is 32.0 Å². The molecule has 2 N–H and O–H groups in total. The van der Waals surface area contributed by atoms with Crippen LogP contribution in [0.3, 0.4) is 0 Å². The van der Waals surface area contributed by atoms with E-state index < -0.39 is 5.91 Å². The number of para-hydroxylation sites is 1. The summed E-state index contributed by atoms with van der Waals surface area (Å²) in [5, 5.41) is 28.6. The van der Waals surface area contributed by atoms with E-state index in [1.165, 1.54) is 24.3 Å². The fourth-order valence-electron chi connectivity index (χ4n) is 3.13. The van der Waals surface area contributed by atoms with Crippen LogP contribution in [0.15, 0.2) is 58.8 Å². The van der Waals surface area contributed by atoms with Crippen LogP contribution in [0.1, 0.15) is 24.2 Å². The van der Waals surface area contributed by atoms with E-state index in [2.05, 4.69) is 29.0 Å². The molecule has 0 aliphatic rings. The van der Waals surface area contributed by atoms with E-state index in [1.54, 1.807) is 4.57 Å². The molecule has 146 valence electrons. The normalized spacial score (nSPS) is 11.7. The van der Waals surface area contributed by atoms with Gasteiger partial charge in [0.2, 0.25) is 5.88 Å². The molecular weight excluding hydrogens is 356 g/mol. The summed E-state index contributed by atoms with van der Waals surface area (Å²) in [5.41, 5.74) is 1.44. The number of carbonyl (C=O) groups is 1. The minimum Gasteiger partial charge on any atom is -0.508 e. The van der Waals surface area contributed by atoms with Crippen LogP contribution in [-0.4, -0.2) is 45.2 Å². The SMILES string of the molecule is CCN(CC)CCn1c(O)c(N=NC(=O)c2ccc(O)cc2)c2ccccc21. The standard InChI is InChI=1S/C21H24N4O3/c1-3-24(4-2)13-14-25-18-8-6-5-7-17(18)19(21(25)28)22-23-20(27)15-9-11-16(26)12-10-15/h5-12,26,28H,3-4,13-14H2,1-2H3. The van der Waals surface area contributed by atoms with Gasteiger partial charge >= 0.3 is 0 Å². The van der Waals surface area contributed by atoms with Gasteiger partial charge in [0, 0.05) is 24.0 Å². The number of fused-ring (bicyclic) bond motifs is 1.